The predicted molar refractivity (Wildman–Crippen MR) is 162 cm³/mol. The van der Waals surface area contributed by atoms with Gasteiger partial charge in [-0.2, -0.15) is 0 Å². The summed E-state index contributed by atoms with van der Waals surface area (Å²) in [6.45, 7) is 4.31. The van der Waals surface area contributed by atoms with Gasteiger partial charge in [0.05, 0.1) is 24.1 Å². The number of imidazole rings is 1. The Bertz CT molecular complexity index is 1860. The van der Waals surface area contributed by atoms with Crippen LogP contribution >= 0.6 is 0 Å². The summed E-state index contributed by atoms with van der Waals surface area (Å²) < 4.78 is 17.9. The molecule has 0 spiro atoms. The number of aromatic nitrogens is 5. The van der Waals surface area contributed by atoms with Gasteiger partial charge in [-0.05, 0) is 37.6 Å². The van der Waals surface area contributed by atoms with Crippen molar-refractivity contribution >= 4 is 11.6 Å². The maximum absolute atomic E-state index is 14.4. The molecule has 0 aliphatic rings. The van der Waals surface area contributed by atoms with Gasteiger partial charge >= 0.3 is 0 Å². The molecule has 0 aliphatic carbocycles. The smallest absolute Gasteiger partial charge is 0.246 e. The molecule has 6 rings (SSSR count). The molecule has 42 heavy (non-hydrogen) atoms. The van der Waals surface area contributed by atoms with Crippen LogP contribution in [0.1, 0.15) is 16.8 Å². The highest BCUT2D eigenvalue weighted by Gasteiger charge is 2.22. The molecule has 0 aliphatic heterocycles. The maximum Gasteiger partial charge on any atom is 0.246 e. The van der Waals surface area contributed by atoms with E-state index in [0.717, 1.165) is 39.3 Å². The van der Waals surface area contributed by atoms with Gasteiger partial charge in [-0.3, -0.25) is 4.79 Å². The number of hydrogen-bond donors (Lipinski definition) is 1. The highest BCUT2D eigenvalue weighted by atomic mass is 19.1. The third kappa shape index (κ3) is 5.74. The summed E-state index contributed by atoms with van der Waals surface area (Å²) in [6.07, 6.45) is 1.76. The number of anilines is 1. The van der Waals surface area contributed by atoms with Crippen molar-refractivity contribution in [1.29, 1.82) is 0 Å². The number of benzene rings is 4. The van der Waals surface area contributed by atoms with Gasteiger partial charge in [0.25, 0.3) is 0 Å². The van der Waals surface area contributed by atoms with E-state index in [2.05, 4.69) is 15.6 Å². The summed E-state index contributed by atoms with van der Waals surface area (Å²) in [5.41, 5.74) is 7.75. The number of aryl methyl sites for hydroxylation is 2. The molecule has 1 N–H and O–H groups in total. The summed E-state index contributed by atoms with van der Waals surface area (Å²) >= 11 is 0. The Morgan fingerprint density at radius 2 is 1.55 bits per heavy atom. The average molecular weight is 557 g/mol. The van der Waals surface area contributed by atoms with Crippen LogP contribution in [0.4, 0.5) is 10.1 Å². The monoisotopic (exact) mass is 556 g/mol. The Morgan fingerprint density at radius 3 is 2.26 bits per heavy atom. The van der Waals surface area contributed by atoms with Crippen LogP contribution in [0.15, 0.2) is 109 Å². The van der Waals surface area contributed by atoms with Crippen LogP contribution in [-0.2, 0) is 17.9 Å². The number of halogens is 1. The lowest BCUT2D eigenvalue weighted by atomic mass is 10.0. The van der Waals surface area contributed by atoms with Crippen molar-refractivity contribution in [2.75, 3.05) is 5.32 Å². The Labute approximate surface area is 243 Å². The second-order valence-electron chi connectivity index (χ2n) is 10.2. The normalized spacial score (nSPS) is 11.0. The van der Waals surface area contributed by atoms with E-state index in [-0.39, 0.29) is 18.3 Å². The predicted octanol–water partition coefficient (Wildman–Crippen LogP) is 6.92. The third-order valence-corrected chi connectivity index (χ3v) is 7.01. The van der Waals surface area contributed by atoms with E-state index in [1.807, 2.05) is 103 Å². The van der Waals surface area contributed by atoms with Gasteiger partial charge in [-0.25, -0.2) is 14.1 Å². The second kappa shape index (κ2) is 11.6. The Morgan fingerprint density at radius 1 is 0.833 bits per heavy atom. The molecule has 208 valence electrons. The van der Waals surface area contributed by atoms with Gasteiger partial charge in [0.2, 0.25) is 5.91 Å². The molecule has 1 amide bonds. The molecule has 6 aromatic rings. The SMILES string of the molecule is Cc1ccc(NC(=O)Cn2cc(Cn3c(-c4cccc(F)c4)nc(-c4ccccc4)c3-c3ccccc3)nn2)c(C)c1. The minimum atomic E-state index is -0.342. The number of amides is 1. The summed E-state index contributed by atoms with van der Waals surface area (Å²) in [6, 6.07) is 32.2. The quantitative estimate of drug-likeness (QED) is 0.221. The fraction of sp³-hybridized carbons (Fsp3) is 0.118. The molecule has 4 aromatic carbocycles. The molecule has 0 saturated heterocycles. The highest BCUT2D eigenvalue weighted by Crippen LogP contribution is 2.36. The van der Waals surface area contributed by atoms with Crippen molar-refractivity contribution in [3.63, 3.8) is 0 Å². The lowest BCUT2D eigenvalue weighted by molar-refractivity contribution is -0.116. The van der Waals surface area contributed by atoms with Gasteiger partial charge in [0.15, 0.2) is 0 Å². The van der Waals surface area contributed by atoms with E-state index in [0.29, 0.717) is 23.6 Å². The number of hydrogen-bond acceptors (Lipinski definition) is 4. The molecular weight excluding hydrogens is 527 g/mol. The molecule has 0 radical (unpaired) electrons. The van der Waals surface area contributed by atoms with Gasteiger partial charge in [0.1, 0.15) is 23.9 Å². The lowest BCUT2D eigenvalue weighted by Crippen LogP contribution is -2.19. The van der Waals surface area contributed by atoms with Crippen LogP contribution < -0.4 is 5.32 Å². The van der Waals surface area contributed by atoms with Gasteiger partial charge in [-0.1, -0.05) is 95.7 Å². The molecule has 0 atom stereocenters. The number of nitrogens with one attached hydrogen (secondary N) is 1. The summed E-state index contributed by atoms with van der Waals surface area (Å²) in [7, 11) is 0. The first-order chi connectivity index (χ1) is 20.4. The van der Waals surface area contributed by atoms with E-state index in [1.54, 1.807) is 12.3 Å². The van der Waals surface area contributed by atoms with Crippen molar-refractivity contribution in [3.05, 3.63) is 132 Å². The van der Waals surface area contributed by atoms with Crippen LogP contribution in [0.5, 0.6) is 0 Å². The molecular formula is C34H29FN6O. The number of rotatable bonds is 8. The lowest BCUT2D eigenvalue weighted by Gasteiger charge is -2.12. The highest BCUT2D eigenvalue weighted by molar-refractivity contribution is 5.91. The molecule has 0 bridgehead atoms. The zero-order valence-electron chi connectivity index (χ0n) is 23.3. The van der Waals surface area contributed by atoms with Crippen LogP contribution in [0.2, 0.25) is 0 Å². The standard InChI is InChI=1S/C34H29FN6O/c1-23-16-17-30(24(2)18-23)36-31(42)22-40-20-29(38-39-40)21-41-33(26-12-7-4-8-13-26)32(25-10-5-3-6-11-25)37-34(41)27-14-9-15-28(35)19-27/h3-20H,21-22H2,1-2H3,(H,36,42). The summed E-state index contributed by atoms with van der Waals surface area (Å²) in [5.74, 6) is 0.0671. The molecule has 2 heterocycles. The molecule has 7 nitrogen and oxygen atoms in total. The zero-order chi connectivity index (χ0) is 29.1. The van der Waals surface area contributed by atoms with Crippen LogP contribution in [0.3, 0.4) is 0 Å². The third-order valence-electron chi connectivity index (χ3n) is 7.01. The van der Waals surface area contributed by atoms with Crippen molar-refractivity contribution in [2.24, 2.45) is 0 Å². The van der Waals surface area contributed by atoms with Crippen molar-refractivity contribution in [1.82, 2.24) is 24.5 Å². The molecule has 8 heteroatoms. The average Bonchev–Trinajstić information content (AvgIpc) is 3.60. The van der Waals surface area contributed by atoms with Crippen LogP contribution in [0.25, 0.3) is 33.9 Å². The Kier molecular flexibility index (Phi) is 7.43. The van der Waals surface area contributed by atoms with E-state index in [9.17, 15) is 9.18 Å². The number of carbonyl (C=O) groups is 1. The topological polar surface area (TPSA) is 77.6 Å². The fourth-order valence-electron chi connectivity index (χ4n) is 5.08. The Hall–Kier alpha value is -5.37. The molecule has 0 unspecified atom stereocenters. The first-order valence-corrected chi connectivity index (χ1v) is 13.7. The van der Waals surface area contributed by atoms with E-state index < -0.39 is 0 Å². The van der Waals surface area contributed by atoms with E-state index in [1.165, 1.54) is 16.8 Å². The van der Waals surface area contributed by atoms with Gasteiger partial charge in [0, 0.05) is 22.4 Å². The number of carbonyl (C=O) groups excluding carboxylic acids is 1. The fourth-order valence-corrected chi connectivity index (χ4v) is 5.08. The van der Waals surface area contributed by atoms with Crippen LogP contribution in [-0.4, -0.2) is 30.5 Å². The number of nitrogens with zero attached hydrogens (tertiary/aromatic N) is 5. The van der Waals surface area contributed by atoms with Gasteiger partial charge in [-0.15, -0.1) is 5.10 Å². The first kappa shape index (κ1) is 26.8. The summed E-state index contributed by atoms with van der Waals surface area (Å²) in [5, 5.41) is 11.6. The van der Waals surface area contributed by atoms with Crippen LogP contribution in [0, 0.1) is 19.7 Å². The van der Waals surface area contributed by atoms with E-state index >= 15 is 0 Å². The van der Waals surface area contributed by atoms with E-state index in [4.69, 9.17) is 4.98 Å². The van der Waals surface area contributed by atoms with Crippen molar-refractivity contribution in [3.8, 4) is 33.9 Å². The summed E-state index contributed by atoms with van der Waals surface area (Å²) in [4.78, 5) is 17.9. The van der Waals surface area contributed by atoms with Crippen molar-refractivity contribution < 1.29 is 9.18 Å². The minimum Gasteiger partial charge on any atom is -0.324 e. The minimum absolute atomic E-state index is 0.0157. The largest absolute Gasteiger partial charge is 0.324 e. The molecule has 0 saturated carbocycles. The Balaban J connectivity index is 1.37. The molecule has 2 aromatic heterocycles. The van der Waals surface area contributed by atoms with Crippen molar-refractivity contribution in [2.45, 2.75) is 26.9 Å². The second-order valence-corrected chi connectivity index (χ2v) is 10.2. The first-order valence-electron chi connectivity index (χ1n) is 13.7. The van der Waals surface area contributed by atoms with Gasteiger partial charge < -0.3 is 9.88 Å². The maximum atomic E-state index is 14.4. The molecule has 0 fully saturated rings. The zero-order valence-corrected chi connectivity index (χ0v) is 23.3.